The van der Waals surface area contributed by atoms with E-state index >= 15 is 0 Å². The van der Waals surface area contributed by atoms with Crippen molar-refractivity contribution in [3.63, 3.8) is 0 Å². The van der Waals surface area contributed by atoms with E-state index in [2.05, 4.69) is 43.7 Å². The molecule has 0 aliphatic rings. The molecule has 0 aliphatic carbocycles. The van der Waals surface area contributed by atoms with Gasteiger partial charge in [0.25, 0.3) is 0 Å². The van der Waals surface area contributed by atoms with Crippen molar-refractivity contribution in [1.29, 1.82) is 0 Å². The number of rotatable bonds is 4. The van der Waals surface area contributed by atoms with Gasteiger partial charge < -0.3 is 5.73 Å². The molecule has 0 bridgehead atoms. The first kappa shape index (κ1) is 15.8. The van der Waals surface area contributed by atoms with Crippen LogP contribution in [0.25, 0.3) is 21.5 Å². The summed E-state index contributed by atoms with van der Waals surface area (Å²) in [7, 11) is 0. The lowest BCUT2D eigenvalue weighted by atomic mass is 9.97. The molecule has 7 nitrogen and oxygen atoms in total. The van der Waals surface area contributed by atoms with E-state index in [4.69, 9.17) is 5.73 Å². The van der Waals surface area contributed by atoms with Gasteiger partial charge in [-0.25, -0.2) is 10.1 Å². The van der Waals surface area contributed by atoms with Gasteiger partial charge in [-0.2, -0.15) is 5.10 Å². The molecule has 0 unspecified atom stereocenters. The molecule has 1 amide bonds. The number of nitrogens with one attached hydrogen (secondary N) is 1. The van der Waals surface area contributed by atoms with Gasteiger partial charge >= 0.3 is 0 Å². The van der Waals surface area contributed by atoms with Crippen molar-refractivity contribution in [1.82, 2.24) is 15.7 Å². The largest absolute Gasteiger partial charge is 0.379 e. The Morgan fingerprint density at radius 3 is 2.35 bits per heavy atom. The zero-order valence-corrected chi connectivity index (χ0v) is 13.7. The third-order valence-corrected chi connectivity index (χ3v) is 4.11. The Hall–Kier alpha value is -3.74. The van der Waals surface area contributed by atoms with E-state index < -0.39 is 0 Å². The maximum Gasteiger partial charge on any atom is 0.246 e. The highest BCUT2D eigenvalue weighted by Crippen LogP contribution is 2.27. The molecule has 0 saturated heterocycles. The number of anilines is 1. The molecule has 1 aromatic heterocycles. The lowest BCUT2D eigenvalue weighted by Gasteiger charge is -2.07. The van der Waals surface area contributed by atoms with Crippen LogP contribution in [0.2, 0.25) is 0 Å². The van der Waals surface area contributed by atoms with Crippen LogP contribution in [0, 0.1) is 0 Å². The summed E-state index contributed by atoms with van der Waals surface area (Å²) in [5, 5.41) is 15.5. The van der Waals surface area contributed by atoms with Gasteiger partial charge in [-0.3, -0.25) is 4.79 Å². The van der Waals surface area contributed by atoms with E-state index in [1.807, 2.05) is 36.4 Å². The van der Waals surface area contributed by atoms with Crippen molar-refractivity contribution in [3.05, 3.63) is 65.9 Å². The molecule has 7 heteroatoms. The standard InChI is InChI=1S/C19H15N5O2/c20-19-17(23-26-24-19)10-18(25)22-21-11-16-14-7-3-1-5-12(14)9-13-6-2-4-8-15(13)16/h1-9,11H,10H2,(H2,20,24)(H,22,25). The highest BCUT2D eigenvalue weighted by atomic mass is 16.6. The Morgan fingerprint density at radius 1 is 1.08 bits per heavy atom. The van der Waals surface area contributed by atoms with Gasteiger partial charge in [-0.05, 0) is 32.8 Å². The predicted molar refractivity (Wildman–Crippen MR) is 99.6 cm³/mol. The Balaban J connectivity index is 1.64. The second-order valence-electron chi connectivity index (χ2n) is 5.80. The molecular formula is C19H15N5O2. The summed E-state index contributed by atoms with van der Waals surface area (Å²) in [5.74, 6) is -0.252. The molecule has 26 heavy (non-hydrogen) atoms. The number of carbonyl (C=O) groups is 1. The Bertz CT molecular complexity index is 1080. The fourth-order valence-electron chi connectivity index (χ4n) is 2.88. The summed E-state index contributed by atoms with van der Waals surface area (Å²) < 4.78 is 4.47. The summed E-state index contributed by atoms with van der Waals surface area (Å²) in [6, 6.07) is 18.3. The summed E-state index contributed by atoms with van der Waals surface area (Å²) in [6.07, 6.45) is 1.61. The number of nitrogen functional groups attached to an aromatic ring is 1. The van der Waals surface area contributed by atoms with Crippen molar-refractivity contribution in [2.75, 3.05) is 5.73 Å². The highest BCUT2D eigenvalue weighted by Gasteiger charge is 2.11. The molecule has 0 aliphatic heterocycles. The molecule has 1 heterocycles. The van der Waals surface area contributed by atoms with E-state index in [9.17, 15) is 4.79 Å². The predicted octanol–water partition coefficient (Wildman–Crippen LogP) is 2.65. The number of nitrogens with two attached hydrogens (primary N) is 1. The zero-order chi connectivity index (χ0) is 17.9. The number of aromatic nitrogens is 2. The van der Waals surface area contributed by atoms with Gasteiger partial charge in [-0.1, -0.05) is 53.7 Å². The fourth-order valence-corrected chi connectivity index (χ4v) is 2.88. The third kappa shape index (κ3) is 2.98. The van der Waals surface area contributed by atoms with E-state index in [0.717, 1.165) is 27.1 Å². The monoisotopic (exact) mass is 345 g/mol. The highest BCUT2D eigenvalue weighted by molar-refractivity contribution is 6.13. The number of benzene rings is 3. The van der Waals surface area contributed by atoms with Crippen LogP contribution in [-0.2, 0) is 11.2 Å². The molecule has 4 aromatic rings. The second kappa shape index (κ2) is 6.64. The van der Waals surface area contributed by atoms with Crippen molar-refractivity contribution < 1.29 is 9.42 Å². The molecular weight excluding hydrogens is 330 g/mol. The normalized spacial score (nSPS) is 11.4. The summed E-state index contributed by atoms with van der Waals surface area (Å²) >= 11 is 0. The average Bonchev–Trinajstić information content (AvgIpc) is 3.05. The van der Waals surface area contributed by atoms with Crippen molar-refractivity contribution in [2.45, 2.75) is 6.42 Å². The van der Waals surface area contributed by atoms with Crippen molar-refractivity contribution >= 4 is 39.5 Å². The first-order valence-electron chi connectivity index (χ1n) is 8.01. The van der Waals surface area contributed by atoms with E-state index in [0.29, 0.717) is 0 Å². The zero-order valence-electron chi connectivity index (χ0n) is 13.7. The van der Waals surface area contributed by atoms with Gasteiger partial charge in [0, 0.05) is 5.56 Å². The number of hydrazone groups is 1. The SMILES string of the molecule is Nc1nonc1CC(=O)NN=Cc1c2ccccc2cc2ccccc12. The quantitative estimate of drug-likeness (QED) is 0.336. The lowest BCUT2D eigenvalue weighted by molar-refractivity contribution is -0.120. The van der Waals surface area contributed by atoms with E-state index in [1.165, 1.54) is 0 Å². The molecule has 4 rings (SSSR count). The van der Waals surface area contributed by atoms with Gasteiger partial charge in [0.15, 0.2) is 5.82 Å². The lowest BCUT2D eigenvalue weighted by Crippen LogP contribution is -2.20. The van der Waals surface area contributed by atoms with Gasteiger partial charge in [0.2, 0.25) is 5.91 Å². The smallest absolute Gasteiger partial charge is 0.246 e. The number of amides is 1. The van der Waals surface area contributed by atoms with Crippen molar-refractivity contribution in [3.8, 4) is 0 Å². The molecule has 128 valence electrons. The summed E-state index contributed by atoms with van der Waals surface area (Å²) in [6.45, 7) is 0. The molecule has 0 atom stereocenters. The number of hydrogen-bond acceptors (Lipinski definition) is 6. The number of fused-ring (bicyclic) bond motifs is 2. The van der Waals surface area contributed by atoms with E-state index in [1.54, 1.807) is 6.21 Å². The van der Waals surface area contributed by atoms with Crippen LogP contribution >= 0.6 is 0 Å². The van der Waals surface area contributed by atoms with Crippen LogP contribution < -0.4 is 11.2 Å². The Labute approximate surface area is 148 Å². The molecule has 0 fully saturated rings. The molecule has 3 N–H and O–H groups in total. The maximum absolute atomic E-state index is 12.0. The topological polar surface area (TPSA) is 106 Å². The number of carbonyl (C=O) groups excluding carboxylic acids is 1. The third-order valence-electron chi connectivity index (χ3n) is 4.11. The minimum Gasteiger partial charge on any atom is -0.379 e. The van der Waals surface area contributed by atoms with Crippen LogP contribution in [0.5, 0.6) is 0 Å². The first-order valence-corrected chi connectivity index (χ1v) is 8.01. The van der Waals surface area contributed by atoms with Crippen LogP contribution in [0.15, 0.2) is 64.3 Å². The first-order chi connectivity index (χ1) is 12.7. The van der Waals surface area contributed by atoms with Crippen molar-refractivity contribution in [2.24, 2.45) is 5.10 Å². The summed E-state index contributed by atoms with van der Waals surface area (Å²) in [5.41, 5.74) is 9.27. The Morgan fingerprint density at radius 2 is 1.73 bits per heavy atom. The van der Waals surface area contributed by atoms with Crippen LogP contribution in [0.3, 0.4) is 0 Å². The average molecular weight is 345 g/mol. The van der Waals surface area contributed by atoms with Crippen LogP contribution in [0.1, 0.15) is 11.3 Å². The summed E-state index contributed by atoms with van der Waals surface area (Å²) in [4.78, 5) is 12.0. The van der Waals surface area contributed by atoms with Gasteiger partial charge in [0.1, 0.15) is 5.69 Å². The molecule has 0 spiro atoms. The molecule has 3 aromatic carbocycles. The fraction of sp³-hybridized carbons (Fsp3) is 0.0526. The van der Waals surface area contributed by atoms with Gasteiger partial charge in [-0.15, -0.1) is 0 Å². The minimum atomic E-state index is -0.354. The second-order valence-corrected chi connectivity index (χ2v) is 5.80. The van der Waals surface area contributed by atoms with Crippen LogP contribution in [0.4, 0.5) is 5.82 Å². The molecule has 0 saturated carbocycles. The molecule has 0 radical (unpaired) electrons. The number of nitrogens with zero attached hydrogens (tertiary/aromatic N) is 3. The van der Waals surface area contributed by atoms with Crippen LogP contribution in [-0.4, -0.2) is 22.4 Å². The van der Waals surface area contributed by atoms with E-state index in [-0.39, 0.29) is 23.8 Å². The maximum atomic E-state index is 12.0. The Kier molecular flexibility index (Phi) is 4.03. The minimum absolute atomic E-state index is 0.0526. The van der Waals surface area contributed by atoms with Gasteiger partial charge in [0.05, 0.1) is 12.6 Å². The number of hydrogen-bond donors (Lipinski definition) is 2.